The van der Waals surface area contributed by atoms with Crippen molar-refractivity contribution in [2.75, 3.05) is 18.5 Å². The lowest BCUT2D eigenvalue weighted by Crippen LogP contribution is -2.24. The molecule has 0 spiro atoms. The standard InChI is InChI=1S/C14H15NO2/c1-9(16)13-8-11-12(17-13)6-5-10-4-3-7-15(2)14(10)11/h5-6,8H,3-4,7H2,1-2H3. The molecule has 1 aromatic carbocycles. The Bertz CT molecular complexity index is 598. The summed E-state index contributed by atoms with van der Waals surface area (Å²) in [6, 6.07) is 5.96. The first-order valence-corrected chi connectivity index (χ1v) is 5.94. The van der Waals surface area contributed by atoms with Gasteiger partial charge in [0.2, 0.25) is 0 Å². The molecule has 0 saturated heterocycles. The van der Waals surface area contributed by atoms with E-state index < -0.39 is 0 Å². The van der Waals surface area contributed by atoms with Gasteiger partial charge in [0.25, 0.3) is 0 Å². The average molecular weight is 229 g/mol. The van der Waals surface area contributed by atoms with Crippen LogP contribution in [0.25, 0.3) is 11.0 Å². The summed E-state index contributed by atoms with van der Waals surface area (Å²) in [5, 5.41) is 1.06. The highest BCUT2D eigenvalue weighted by atomic mass is 16.3. The van der Waals surface area contributed by atoms with E-state index >= 15 is 0 Å². The van der Waals surface area contributed by atoms with Crippen molar-refractivity contribution in [1.29, 1.82) is 0 Å². The summed E-state index contributed by atoms with van der Waals surface area (Å²) in [5.41, 5.74) is 3.38. The van der Waals surface area contributed by atoms with E-state index in [0.29, 0.717) is 5.76 Å². The topological polar surface area (TPSA) is 33.5 Å². The van der Waals surface area contributed by atoms with Gasteiger partial charge in [-0.25, -0.2) is 0 Å². The number of aryl methyl sites for hydroxylation is 1. The van der Waals surface area contributed by atoms with Crippen LogP contribution in [0.5, 0.6) is 0 Å². The lowest BCUT2D eigenvalue weighted by atomic mass is 9.99. The van der Waals surface area contributed by atoms with Crippen LogP contribution >= 0.6 is 0 Å². The van der Waals surface area contributed by atoms with Crippen molar-refractivity contribution < 1.29 is 9.21 Å². The summed E-state index contributed by atoms with van der Waals surface area (Å²) in [6.45, 7) is 2.60. The van der Waals surface area contributed by atoms with Gasteiger partial charge in [0.05, 0.1) is 5.69 Å². The molecule has 1 aromatic heterocycles. The van der Waals surface area contributed by atoms with E-state index in [-0.39, 0.29) is 5.78 Å². The summed E-state index contributed by atoms with van der Waals surface area (Å²) in [5.74, 6) is 0.431. The highest BCUT2D eigenvalue weighted by Crippen LogP contribution is 2.35. The van der Waals surface area contributed by atoms with E-state index in [9.17, 15) is 4.79 Å². The fourth-order valence-corrected chi connectivity index (χ4v) is 2.59. The van der Waals surface area contributed by atoms with Gasteiger partial charge in [-0.1, -0.05) is 6.07 Å². The SMILES string of the molecule is CC(=O)c1cc2c3c(ccc2o1)CCCN3C. The van der Waals surface area contributed by atoms with E-state index in [1.165, 1.54) is 24.6 Å². The van der Waals surface area contributed by atoms with Gasteiger partial charge in [-0.05, 0) is 30.5 Å². The Morgan fingerprint density at radius 3 is 3.00 bits per heavy atom. The van der Waals surface area contributed by atoms with Crippen molar-refractivity contribution >= 4 is 22.4 Å². The third kappa shape index (κ3) is 1.54. The number of hydrogen-bond donors (Lipinski definition) is 0. The van der Waals surface area contributed by atoms with Crippen molar-refractivity contribution in [3.63, 3.8) is 0 Å². The van der Waals surface area contributed by atoms with Crippen molar-refractivity contribution in [3.05, 3.63) is 29.5 Å². The molecule has 0 unspecified atom stereocenters. The largest absolute Gasteiger partial charge is 0.453 e. The lowest BCUT2D eigenvalue weighted by molar-refractivity contribution is 0.0989. The lowest BCUT2D eigenvalue weighted by Gasteiger charge is -2.27. The van der Waals surface area contributed by atoms with Crippen molar-refractivity contribution in [3.8, 4) is 0 Å². The number of hydrogen-bond acceptors (Lipinski definition) is 3. The molecule has 0 radical (unpaired) electrons. The molecule has 1 aliphatic rings. The van der Waals surface area contributed by atoms with E-state index in [1.807, 2.05) is 12.1 Å². The molecule has 0 saturated carbocycles. The Hall–Kier alpha value is -1.77. The Morgan fingerprint density at radius 1 is 1.41 bits per heavy atom. The van der Waals surface area contributed by atoms with Crippen LogP contribution in [-0.2, 0) is 6.42 Å². The minimum absolute atomic E-state index is 0.0200. The normalized spacial score (nSPS) is 15.1. The molecule has 88 valence electrons. The average Bonchev–Trinajstić information content (AvgIpc) is 2.73. The fourth-order valence-electron chi connectivity index (χ4n) is 2.59. The maximum Gasteiger partial charge on any atom is 0.194 e. The minimum Gasteiger partial charge on any atom is -0.453 e. The van der Waals surface area contributed by atoms with Crippen LogP contribution in [0.3, 0.4) is 0 Å². The number of nitrogens with zero attached hydrogens (tertiary/aromatic N) is 1. The van der Waals surface area contributed by atoms with Crippen LogP contribution in [0.2, 0.25) is 0 Å². The van der Waals surface area contributed by atoms with Crippen LogP contribution in [0.15, 0.2) is 22.6 Å². The third-order valence-electron chi connectivity index (χ3n) is 3.42. The predicted octanol–water partition coefficient (Wildman–Crippen LogP) is 3.02. The zero-order valence-electron chi connectivity index (χ0n) is 10.1. The van der Waals surface area contributed by atoms with Gasteiger partial charge in [-0.15, -0.1) is 0 Å². The van der Waals surface area contributed by atoms with Crippen molar-refractivity contribution in [2.45, 2.75) is 19.8 Å². The van der Waals surface area contributed by atoms with Gasteiger partial charge < -0.3 is 9.32 Å². The molecular formula is C14H15NO2. The second-order valence-corrected chi connectivity index (χ2v) is 4.68. The summed E-state index contributed by atoms with van der Waals surface area (Å²) in [4.78, 5) is 13.6. The monoisotopic (exact) mass is 229 g/mol. The quantitative estimate of drug-likeness (QED) is 0.705. The Balaban J connectivity index is 2.29. The van der Waals surface area contributed by atoms with E-state index in [4.69, 9.17) is 4.42 Å². The minimum atomic E-state index is -0.0200. The maximum absolute atomic E-state index is 11.4. The molecular weight excluding hydrogens is 214 g/mol. The van der Waals surface area contributed by atoms with Gasteiger partial charge in [0, 0.05) is 25.9 Å². The Labute approximate surface area is 100 Å². The number of carbonyl (C=O) groups is 1. The number of anilines is 1. The number of benzene rings is 1. The van der Waals surface area contributed by atoms with Gasteiger partial charge in [-0.2, -0.15) is 0 Å². The zero-order chi connectivity index (χ0) is 12.0. The maximum atomic E-state index is 11.4. The molecule has 3 rings (SSSR count). The smallest absolute Gasteiger partial charge is 0.194 e. The van der Waals surface area contributed by atoms with E-state index in [2.05, 4.69) is 18.0 Å². The number of fused-ring (bicyclic) bond motifs is 3. The molecule has 2 heterocycles. The second-order valence-electron chi connectivity index (χ2n) is 4.68. The molecule has 2 aromatic rings. The summed E-state index contributed by atoms with van der Waals surface area (Å²) in [7, 11) is 2.10. The molecule has 0 aliphatic carbocycles. The van der Waals surface area contributed by atoms with Crippen LogP contribution in [-0.4, -0.2) is 19.4 Å². The summed E-state index contributed by atoms with van der Waals surface area (Å²) >= 11 is 0. The third-order valence-corrected chi connectivity index (χ3v) is 3.42. The van der Waals surface area contributed by atoms with Gasteiger partial charge in [-0.3, -0.25) is 4.79 Å². The molecule has 0 fully saturated rings. The fraction of sp³-hybridized carbons (Fsp3) is 0.357. The van der Waals surface area contributed by atoms with E-state index in [1.54, 1.807) is 0 Å². The Kier molecular flexibility index (Phi) is 2.21. The number of Topliss-reactive ketones (excluding diaryl/α,β-unsaturated/α-hetero) is 1. The first-order chi connectivity index (χ1) is 8.16. The van der Waals surface area contributed by atoms with Crippen LogP contribution in [0.1, 0.15) is 29.5 Å². The number of furan rings is 1. The predicted molar refractivity (Wildman–Crippen MR) is 67.8 cm³/mol. The van der Waals surface area contributed by atoms with Crippen molar-refractivity contribution in [2.24, 2.45) is 0 Å². The van der Waals surface area contributed by atoms with Crippen LogP contribution in [0, 0.1) is 0 Å². The molecule has 1 aliphatic heterocycles. The summed E-state index contributed by atoms with van der Waals surface area (Å²) in [6.07, 6.45) is 2.29. The van der Waals surface area contributed by atoms with Crippen LogP contribution in [0.4, 0.5) is 5.69 Å². The van der Waals surface area contributed by atoms with Gasteiger partial charge in [0.15, 0.2) is 11.5 Å². The number of ketones is 1. The molecule has 0 bridgehead atoms. The molecule has 0 atom stereocenters. The summed E-state index contributed by atoms with van der Waals surface area (Å²) < 4.78 is 5.57. The molecule has 3 heteroatoms. The number of carbonyl (C=O) groups excluding carboxylic acids is 1. The van der Waals surface area contributed by atoms with E-state index in [0.717, 1.165) is 23.9 Å². The van der Waals surface area contributed by atoms with Crippen molar-refractivity contribution in [1.82, 2.24) is 0 Å². The first kappa shape index (κ1) is 10.4. The second kappa shape index (κ2) is 3.62. The molecule has 0 amide bonds. The zero-order valence-corrected chi connectivity index (χ0v) is 10.1. The highest BCUT2D eigenvalue weighted by molar-refractivity contribution is 6.00. The Morgan fingerprint density at radius 2 is 2.24 bits per heavy atom. The first-order valence-electron chi connectivity index (χ1n) is 5.94. The molecule has 0 N–H and O–H groups in total. The molecule has 17 heavy (non-hydrogen) atoms. The molecule has 3 nitrogen and oxygen atoms in total. The number of rotatable bonds is 1. The van der Waals surface area contributed by atoms with Gasteiger partial charge in [0.1, 0.15) is 5.58 Å². The van der Waals surface area contributed by atoms with Crippen LogP contribution < -0.4 is 4.90 Å². The highest BCUT2D eigenvalue weighted by Gasteiger charge is 2.19. The van der Waals surface area contributed by atoms with Gasteiger partial charge >= 0.3 is 0 Å².